The summed E-state index contributed by atoms with van der Waals surface area (Å²) in [5.41, 5.74) is 0. The first kappa shape index (κ1) is 28.2. The molecule has 0 saturated heterocycles. The Hall–Kier alpha value is 1.35. The van der Waals surface area contributed by atoms with E-state index in [-0.39, 0.29) is 34.0 Å². The first-order valence-electron chi connectivity index (χ1n) is 9.17. The number of halogens is 2. The lowest BCUT2D eigenvalue weighted by atomic mass is 10.4. The fraction of sp³-hybridized carbons (Fsp3) is 1.00. The molecule has 0 saturated carbocycles. The van der Waals surface area contributed by atoms with Crippen molar-refractivity contribution in [3.8, 4) is 0 Å². The number of rotatable bonds is 14. The molecule has 0 fully saturated rings. The summed E-state index contributed by atoms with van der Waals surface area (Å²) < 4.78 is 0. The maximum absolute atomic E-state index is 2.48. The molecule has 0 N–H and O–H groups in total. The van der Waals surface area contributed by atoms with Crippen molar-refractivity contribution in [2.45, 2.75) is 72.6 Å². The van der Waals surface area contributed by atoms with Gasteiger partial charge >= 0.3 is 0 Å². The van der Waals surface area contributed by atoms with Crippen LogP contribution in [0.4, 0.5) is 0 Å². The quantitative estimate of drug-likeness (QED) is 0.358. The van der Waals surface area contributed by atoms with Crippen LogP contribution in [0.1, 0.15) is 72.6 Å². The molecule has 0 unspecified atom stereocenters. The molecule has 0 aliphatic heterocycles. The summed E-state index contributed by atoms with van der Waals surface area (Å²) in [5, 5.41) is 0. The molecular formula is C18H42Br2NP. The van der Waals surface area contributed by atoms with Gasteiger partial charge < -0.3 is 21.9 Å². The second kappa shape index (κ2) is 18.7. The van der Waals surface area contributed by atoms with E-state index in [0.717, 1.165) is 0 Å². The van der Waals surface area contributed by atoms with Gasteiger partial charge in [0.25, 0.3) is 0 Å². The lowest BCUT2D eigenvalue weighted by Crippen LogP contribution is -3.00. The first-order valence-corrected chi connectivity index (χ1v) is 11.7. The SMILES string of the molecule is Br.CCCC[P+](CCCC)(CCCC)CCCN(C)CC.[Br-]. The molecule has 0 aromatic heterocycles. The summed E-state index contributed by atoms with van der Waals surface area (Å²) >= 11 is 0. The smallest absolute Gasteiger partial charge is 0.0606 e. The summed E-state index contributed by atoms with van der Waals surface area (Å²) in [6, 6.07) is 0. The molecule has 22 heavy (non-hydrogen) atoms. The molecule has 1 nitrogen and oxygen atoms in total. The van der Waals surface area contributed by atoms with Crippen molar-refractivity contribution >= 4 is 24.2 Å². The van der Waals surface area contributed by atoms with E-state index in [0.29, 0.717) is 0 Å². The van der Waals surface area contributed by atoms with Crippen LogP contribution in [-0.2, 0) is 0 Å². The van der Waals surface area contributed by atoms with E-state index in [1.807, 2.05) is 0 Å². The zero-order chi connectivity index (χ0) is 15.3. The van der Waals surface area contributed by atoms with Gasteiger partial charge in [0, 0.05) is 13.8 Å². The minimum atomic E-state index is -0.639. The van der Waals surface area contributed by atoms with Gasteiger partial charge in [0.1, 0.15) is 0 Å². The minimum Gasteiger partial charge on any atom is -1.00 e. The maximum Gasteiger partial charge on any atom is 0.0606 e. The van der Waals surface area contributed by atoms with Crippen molar-refractivity contribution in [2.24, 2.45) is 0 Å². The number of hydrogen-bond acceptors (Lipinski definition) is 1. The monoisotopic (exact) mass is 461 g/mol. The van der Waals surface area contributed by atoms with Gasteiger partial charge in [-0.25, -0.2) is 0 Å². The van der Waals surface area contributed by atoms with Crippen molar-refractivity contribution in [1.29, 1.82) is 0 Å². The van der Waals surface area contributed by atoms with Crippen LogP contribution >= 0.6 is 24.2 Å². The van der Waals surface area contributed by atoms with E-state index >= 15 is 0 Å². The number of nitrogens with zero attached hydrogens (tertiary/aromatic N) is 1. The second-order valence-electron chi connectivity index (χ2n) is 6.55. The van der Waals surface area contributed by atoms with E-state index in [9.17, 15) is 0 Å². The minimum absolute atomic E-state index is 0. The molecule has 0 aliphatic rings. The first-order chi connectivity index (χ1) is 9.64. The van der Waals surface area contributed by atoms with Gasteiger partial charge in [-0.05, 0) is 39.3 Å². The number of unbranched alkanes of at least 4 members (excludes halogenated alkanes) is 3. The molecular weight excluding hydrogens is 421 g/mol. The second-order valence-corrected chi connectivity index (χ2v) is 11.0. The predicted molar refractivity (Wildman–Crippen MR) is 109 cm³/mol. The third-order valence-electron chi connectivity index (χ3n) is 4.67. The highest BCUT2D eigenvalue weighted by molar-refractivity contribution is 8.93. The average Bonchev–Trinajstić information content (AvgIpc) is 2.48. The molecule has 0 atom stereocenters. The lowest BCUT2D eigenvalue weighted by molar-refractivity contribution is -0.00000481. The van der Waals surface area contributed by atoms with Crippen LogP contribution in [0.3, 0.4) is 0 Å². The van der Waals surface area contributed by atoms with Crippen LogP contribution in [0.15, 0.2) is 0 Å². The summed E-state index contributed by atoms with van der Waals surface area (Å²) in [7, 11) is 1.63. The van der Waals surface area contributed by atoms with Crippen LogP contribution in [0.5, 0.6) is 0 Å². The van der Waals surface area contributed by atoms with Crippen LogP contribution in [0.2, 0.25) is 0 Å². The summed E-state index contributed by atoms with van der Waals surface area (Å²) in [5.74, 6) is 0. The van der Waals surface area contributed by atoms with Crippen molar-refractivity contribution in [1.82, 2.24) is 4.90 Å². The van der Waals surface area contributed by atoms with Crippen molar-refractivity contribution < 1.29 is 17.0 Å². The van der Waals surface area contributed by atoms with Crippen LogP contribution in [0, 0.1) is 0 Å². The topological polar surface area (TPSA) is 3.24 Å². The zero-order valence-corrected chi connectivity index (χ0v) is 20.1. The molecule has 0 bridgehead atoms. The van der Waals surface area contributed by atoms with Gasteiger partial charge in [-0.1, -0.05) is 47.0 Å². The fourth-order valence-corrected chi connectivity index (χ4v) is 8.10. The van der Waals surface area contributed by atoms with Gasteiger partial charge in [-0.3, -0.25) is 0 Å². The molecule has 0 aromatic rings. The highest BCUT2D eigenvalue weighted by Gasteiger charge is 2.34. The Balaban J connectivity index is -0.00000180. The third kappa shape index (κ3) is 13.8. The van der Waals surface area contributed by atoms with E-state index in [1.165, 1.54) is 58.0 Å². The van der Waals surface area contributed by atoms with Gasteiger partial charge in [-0.15, -0.1) is 17.0 Å². The van der Waals surface area contributed by atoms with Crippen molar-refractivity contribution in [3.05, 3.63) is 0 Å². The summed E-state index contributed by atoms with van der Waals surface area (Å²) in [6.45, 7) is 11.9. The van der Waals surface area contributed by atoms with Crippen molar-refractivity contribution in [3.63, 3.8) is 0 Å². The Labute approximate surface area is 163 Å². The number of hydrogen-bond donors (Lipinski definition) is 0. The highest BCUT2D eigenvalue weighted by atomic mass is 79.9. The molecule has 0 radical (unpaired) electrons. The van der Waals surface area contributed by atoms with E-state index in [4.69, 9.17) is 0 Å². The van der Waals surface area contributed by atoms with E-state index in [2.05, 4.69) is 39.6 Å². The fourth-order valence-electron chi connectivity index (χ4n) is 2.99. The molecule has 4 heteroatoms. The van der Waals surface area contributed by atoms with Gasteiger partial charge in [0.2, 0.25) is 0 Å². The highest BCUT2D eigenvalue weighted by Crippen LogP contribution is 2.61. The van der Waals surface area contributed by atoms with Gasteiger partial charge in [-0.2, -0.15) is 0 Å². The van der Waals surface area contributed by atoms with Crippen LogP contribution in [-0.4, -0.2) is 49.7 Å². The standard InChI is InChI=1S/C18H41NP.2BrH/c1-6-10-15-20(16-11-7-2,17-12-8-3)18-13-14-19(5)9-4;;/h6-18H2,1-5H3;2*1H/q+1;;/p-1. The van der Waals surface area contributed by atoms with E-state index in [1.54, 1.807) is 24.6 Å². The van der Waals surface area contributed by atoms with Crippen LogP contribution in [0.25, 0.3) is 0 Å². The molecule has 0 aliphatic carbocycles. The van der Waals surface area contributed by atoms with Gasteiger partial charge in [0.15, 0.2) is 0 Å². The summed E-state index contributed by atoms with van der Waals surface area (Å²) in [4.78, 5) is 2.48. The lowest BCUT2D eigenvalue weighted by Gasteiger charge is -2.28. The van der Waals surface area contributed by atoms with Crippen molar-refractivity contribution in [2.75, 3.05) is 44.8 Å². The molecule has 0 spiro atoms. The molecule has 0 heterocycles. The summed E-state index contributed by atoms with van der Waals surface area (Å²) in [6.07, 6.45) is 16.3. The Morgan fingerprint density at radius 2 is 1.05 bits per heavy atom. The average molecular weight is 463 g/mol. The Bertz CT molecular complexity index is 193. The van der Waals surface area contributed by atoms with Gasteiger partial charge in [0.05, 0.1) is 24.6 Å². The van der Waals surface area contributed by atoms with Crippen LogP contribution < -0.4 is 17.0 Å². The Kier molecular flexibility index (Phi) is 23.9. The zero-order valence-electron chi connectivity index (χ0n) is 15.9. The van der Waals surface area contributed by atoms with E-state index < -0.39 is 7.26 Å². The Morgan fingerprint density at radius 1 is 0.682 bits per heavy atom. The largest absolute Gasteiger partial charge is 1.00 e. The molecule has 138 valence electrons. The molecule has 0 rings (SSSR count). The molecule has 0 amide bonds. The molecule has 0 aromatic carbocycles. The third-order valence-corrected chi connectivity index (χ3v) is 9.73. The normalized spacial score (nSPS) is 11.2. The predicted octanol–water partition coefficient (Wildman–Crippen LogP) is 3.33. The Morgan fingerprint density at radius 3 is 1.36 bits per heavy atom. The maximum atomic E-state index is 2.48.